The monoisotopic (exact) mass is 247 g/mol. The molecule has 1 aromatic rings. The molecule has 1 aromatic carbocycles. The Bertz CT molecular complexity index is 310. The van der Waals surface area contributed by atoms with E-state index in [9.17, 15) is 0 Å². The number of benzene rings is 1. The minimum absolute atomic E-state index is 1.11. The molecular weight excluding hydrogens is 218 g/mol. The molecule has 1 N–H and O–H groups in total. The summed E-state index contributed by atoms with van der Waals surface area (Å²) in [6, 6.07) is 6.49. The third-order valence-corrected chi connectivity index (χ3v) is 3.56. The summed E-state index contributed by atoms with van der Waals surface area (Å²) in [5.41, 5.74) is 4.05. The molecule has 0 aliphatic rings. The lowest BCUT2D eigenvalue weighted by molar-refractivity contribution is 0.596. The van der Waals surface area contributed by atoms with E-state index >= 15 is 0 Å². The molecule has 1 nitrogen and oxygen atoms in total. The zero-order chi connectivity index (χ0) is 13.2. The standard InChI is InChI=1S/C17H29N/c1-4-5-6-7-8-9-10-14-18-17-15(2)12-11-13-16(17)3/h11-13,18H,4-10,14H2,1-3H3. The van der Waals surface area contributed by atoms with Crippen molar-refractivity contribution in [1.29, 1.82) is 0 Å². The topological polar surface area (TPSA) is 12.0 Å². The molecule has 0 aliphatic carbocycles. The van der Waals surface area contributed by atoms with Gasteiger partial charge in [-0.1, -0.05) is 63.6 Å². The third-order valence-electron chi connectivity index (χ3n) is 3.56. The molecule has 1 heteroatoms. The predicted molar refractivity (Wildman–Crippen MR) is 82.4 cm³/mol. The van der Waals surface area contributed by atoms with Gasteiger partial charge in [-0.25, -0.2) is 0 Å². The SMILES string of the molecule is CCCCCCCCCNc1c(C)cccc1C. The fourth-order valence-corrected chi connectivity index (χ4v) is 2.39. The lowest BCUT2D eigenvalue weighted by atomic mass is 10.1. The van der Waals surface area contributed by atoms with E-state index in [0.717, 1.165) is 6.54 Å². The van der Waals surface area contributed by atoms with Gasteiger partial charge in [0, 0.05) is 12.2 Å². The summed E-state index contributed by atoms with van der Waals surface area (Å²) in [6.07, 6.45) is 9.63. The molecule has 0 heterocycles. The lowest BCUT2D eigenvalue weighted by Crippen LogP contribution is -2.04. The molecule has 1 rings (SSSR count). The highest BCUT2D eigenvalue weighted by Crippen LogP contribution is 2.19. The van der Waals surface area contributed by atoms with Crippen LogP contribution in [0.4, 0.5) is 5.69 Å². The number of para-hydroxylation sites is 1. The maximum Gasteiger partial charge on any atom is 0.0399 e. The van der Waals surface area contributed by atoms with Crippen LogP contribution in [0, 0.1) is 13.8 Å². The van der Waals surface area contributed by atoms with Crippen molar-refractivity contribution in [2.24, 2.45) is 0 Å². The van der Waals surface area contributed by atoms with Crippen LogP contribution in [-0.2, 0) is 0 Å². The maximum absolute atomic E-state index is 3.58. The van der Waals surface area contributed by atoms with Crippen molar-refractivity contribution in [3.05, 3.63) is 29.3 Å². The van der Waals surface area contributed by atoms with Gasteiger partial charge in [0.05, 0.1) is 0 Å². The van der Waals surface area contributed by atoms with E-state index in [-0.39, 0.29) is 0 Å². The quantitative estimate of drug-likeness (QED) is 0.571. The Kier molecular flexibility index (Phi) is 7.55. The van der Waals surface area contributed by atoms with E-state index < -0.39 is 0 Å². The van der Waals surface area contributed by atoms with Crippen molar-refractivity contribution in [1.82, 2.24) is 0 Å². The second kappa shape index (κ2) is 9.02. The van der Waals surface area contributed by atoms with Crippen LogP contribution in [0.15, 0.2) is 18.2 Å². The molecule has 0 radical (unpaired) electrons. The highest BCUT2D eigenvalue weighted by Gasteiger charge is 2.00. The fraction of sp³-hybridized carbons (Fsp3) is 0.647. The van der Waals surface area contributed by atoms with Gasteiger partial charge < -0.3 is 5.32 Å². The van der Waals surface area contributed by atoms with Crippen molar-refractivity contribution >= 4 is 5.69 Å². The molecule has 0 fully saturated rings. The van der Waals surface area contributed by atoms with Crippen LogP contribution < -0.4 is 5.32 Å². The summed E-state index contributed by atoms with van der Waals surface area (Å²) in [4.78, 5) is 0. The number of unbranched alkanes of at least 4 members (excludes halogenated alkanes) is 6. The Balaban J connectivity index is 2.11. The lowest BCUT2D eigenvalue weighted by Gasteiger charge is -2.12. The average molecular weight is 247 g/mol. The molecule has 0 aliphatic heterocycles. The Morgan fingerprint density at radius 2 is 1.39 bits per heavy atom. The van der Waals surface area contributed by atoms with Gasteiger partial charge in [0.25, 0.3) is 0 Å². The molecule has 0 unspecified atom stereocenters. The van der Waals surface area contributed by atoms with Crippen LogP contribution >= 0.6 is 0 Å². The first-order chi connectivity index (χ1) is 8.75. The molecule has 0 aromatic heterocycles. The van der Waals surface area contributed by atoms with Gasteiger partial charge >= 0.3 is 0 Å². The smallest absolute Gasteiger partial charge is 0.0399 e. The first-order valence-electron chi connectivity index (χ1n) is 7.55. The van der Waals surface area contributed by atoms with Crippen LogP contribution in [0.5, 0.6) is 0 Å². The zero-order valence-electron chi connectivity index (χ0n) is 12.4. The molecule has 102 valence electrons. The van der Waals surface area contributed by atoms with Crippen LogP contribution in [0.2, 0.25) is 0 Å². The number of hydrogen-bond donors (Lipinski definition) is 1. The van der Waals surface area contributed by atoms with Gasteiger partial charge in [0.15, 0.2) is 0 Å². The molecule has 0 amide bonds. The summed E-state index contributed by atoms with van der Waals surface area (Å²) < 4.78 is 0. The third kappa shape index (κ3) is 5.57. The van der Waals surface area contributed by atoms with Gasteiger partial charge in [0.2, 0.25) is 0 Å². The Morgan fingerprint density at radius 1 is 0.833 bits per heavy atom. The highest BCUT2D eigenvalue weighted by atomic mass is 14.9. The molecule has 0 bridgehead atoms. The zero-order valence-corrected chi connectivity index (χ0v) is 12.4. The summed E-state index contributed by atoms with van der Waals surface area (Å²) in [5.74, 6) is 0. The van der Waals surface area contributed by atoms with Crippen molar-refractivity contribution in [2.75, 3.05) is 11.9 Å². The van der Waals surface area contributed by atoms with Crippen LogP contribution in [0.3, 0.4) is 0 Å². The summed E-state index contributed by atoms with van der Waals surface area (Å²) >= 11 is 0. The van der Waals surface area contributed by atoms with Gasteiger partial charge in [-0.2, -0.15) is 0 Å². The Hall–Kier alpha value is -0.980. The van der Waals surface area contributed by atoms with Crippen LogP contribution in [0.25, 0.3) is 0 Å². The average Bonchev–Trinajstić information content (AvgIpc) is 2.35. The van der Waals surface area contributed by atoms with Crippen molar-refractivity contribution in [2.45, 2.75) is 65.7 Å². The Labute approximate surface area is 113 Å². The summed E-state index contributed by atoms with van der Waals surface area (Å²) in [6.45, 7) is 7.74. The van der Waals surface area contributed by atoms with Crippen molar-refractivity contribution in [3.8, 4) is 0 Å². The predicted octanol–water partition coefficient (Wildman–Crippen LogP) is 5.47. The van der Waals surface area contributed by atoms with E-state index in [1.165, 1.54) is 61.8 Å². The van der Waals surface area contributed by atoms with Crippen molar-refractivity contribution in [3.63, 3.8) is 0 Å². The number of anilines is 1. The molecule has 0 saturated heterocycles. The van der Waals surface area contributed by atoms with E-state index in [1.807, 2.05) is 0 Å². The normalized spacial score (nSPS) is 10.6. The first-order valence-corrected chi connectivity index (χ1v) is 7.55. The Morgan fingerprint density at radius 3 is 2.00 bits per heavy atom. The van der Waals surface area contributed by atoms with E-state index in [4.69, 9.17) is 0 Å². The molecule has 0 spiro atoms. The molecule has 18 heavy (non-hydrogen) atoms. The number of hydrogen-bond acceptors (Lipinski definition) is 1. The van der Waals surface area contributed by atoms with E-state index in [1.54, 1.807) is 0 Å². The summed E-state index contributed by atoms with van der Waals surface area (Å²) in [5, 5.41) is 3.58. The number of rotatable bonds is 9. The van der Waals surface area contributed by atoms with E-state index in [0.29, 0.717) is 0 Å². The first kappa shape index (κ1) is 15.1. The number of aryl methyl sites for hydroxylation is 2. The van der Waals surface area contributed by atoms with Gasteiger partial charge in [0.1, 0.15) is 0 Å². The van der Waals surface area contributed by atoms with Crippen molar-refractivity contribution < 1.29 is 0 Å². The minimum Gasteiger partial charge on any atom is -0.385 e. The maximum atomic E-state index is 3.58. The van der Waals surface area contributed by atoms with Gasteiger partial charge in [-0.05, 0) is 31.4 Å². The summed E-state index contributed by atoms with van der Waals surface area (Å²) in [7, 11) is 0. The molecule has 0 atom stereocenters. The fourth-order valence-electron chi connectivity index (χ4n) is 2.39. The molecular formula is C17H29N. The van der Waals surface area contributed by atoms with Gasteiger partial charge in [-0.3, -0.25) is 0 Å². The molecule has 0 saturated carbocycles. The minimum atomic E-state index is 1.11. The second-order valence-corrected chi connectivity index (χ2v) is 5.31. The van der Waals surface area contributed by atoms with Crippen LogP contribution in [0.1, 0.15) is 63.0 Å². The highest BCUT2D eigenvalue weighted by molar-refractivity contribution is 5.56. The van der Waals surface area contributed by atoms with E-state index in [2.05, 4.69) is 44.3 Å². The largest absolute Gasteiger partial charge is 0.385 e. The second-order valence-electron chi connectivity index (χ2n) is 5.31. The van der Waals surface area contributed by atoms with Gasteiger partial charge in [-0.15, -0.1) is 0 Å². The number of nitrogens with one attached hydrogen (secondary N) is 1. The van der Waals surface area contributed by atoms with Crippen LogP contribution in [-0.4, -0.2) is 6.54 Å².